The van der Waals surface area contributed by atoms with Gasteiger partial charge in [0.05, 0.1) is 13.2 Å². The third-order valence-corrected chi connectivity index (χ3v) is 1.59. The molecule has 5 nitrogen and oxygen atoms in total. The molecule has 0 radical (unpaired) electrons. The summed E-state index contributed by atoms with van der Waals surface area (Å²) in [6, 6.07) is 0. The topological polar surface area (TPSA) is 59.0 Å². The summed E-state index contributed by atoms with van der Waals surface area (Å²) < 4.78 is 19.7. The Morgan fingerprint density at radius 2 is 2.10 bits per heavy atom. The molecule has 1 aliphatic rings. The fraction of sp³-hybridized carbons (Fsp3) is 1.00. The maximum absolute atomic E-state index is 10.1. The zero-order valence-corrected chi connectivity index (χ0v) is 6.45. The molecule has 1 fully saturated rings. The fourth-order valence-electron chi connectivity index (χ4n) is 0.748. The lowest BCUT2D eigenvalue weighted by atomic mass is 10.5. The Morgan fingerprint density at radius 1 is 1.50 bits per heavy atom. The highest BCUT2D eigenvalue weighted by atomic mass is 31.1. The van der Waals surface area contributed by atoms with Crippen molar-refractivity contribution in [3.05, 3.63) is 0 Å². The van der Waals surface area contributed by atoms with Gasteiger partial charge in [-0.1, -0.05) is 0 Å². The van der Waals surface area contributed by atoms with Crippen LogP contribution in [0.2, 0.25) is 0 Å². The van der Waals surface area contributed by atoms with Crippen molar-refractivity contribution < 1.29 is 18.8 Å². The maximum Gasteiger partial charge on any atom is 0.333 e. The summed E-state index contributed by atoms with van der Waals surface area (Å²) in [6.07, 6.45) is 0. The van der Waals surface area contributed by atoms with E-state index in [4.69, 9.17) is 9.63 Å². The van der Waals surface area contributed by atoms with Crippen LogP contribution in [0.4, 0.5) is 0 Å². The zero-order chi connectivity index (χ0) is 7.40. The zero-order valence-electron chi connectivity index (χ0n) is 5.45. The Kier molecular flexibility index (Phi) is 3.31. The molecule has 0 aromatic heterocycles. The van der Waals surface area contributed by atoms with E-state index in [9.17, 15) is 4.57 Å². The van der Waals surface area contributed by atoms with Crippen molar-refractivity contribution in [3.8, 4) is 0 Å². The Bertz CT molecular complexity index is 124. The second-order valence-electron chi connectivity index (χ2n) is 1.90. The minimum atomic E-state index is -2.81. The molecule has 0 aliphatic carbocycles. The third kappa shape index (κ3) is 2.77. The summed E-state index contributed by atoms with van der Waals surface area (Å²) in [5.74, 6) is 0. The van der Waals surface area contributed by atoms with Crippen molar-refractivity contribution in [2.24, 2.45) is 0 Å². The molecular weight excluding hydrogens is 157 g/mol. The molecule has 60 valence electrons. The average Bonchev–Trinajstić information content (AvgIpc) is 1.88. The molecule has 0 amide bonds. The van der Waals surface area contributed by atoms with Gasteiger partial charge in [0.2, 0.25) is 0 Å². The van der Waals surface area contributed by atoms with Gasteiger partial charge in [-0.3, -0.25) is 4.57 Å². The van der Waals surface area contributed by atoms with E-state index < -0.39 is 8.25 Å². The molecule has 1 rings (SSSR count). The summed E-state index contributed by atoms with van der Waals surface area (Å²) in [7, 11) is -2.81. The van der Waals surface area contributed by atoms with Crippen LogP contribution in [0.3, 0.4) is 0 Å². The number of morpholine rings is 1. The largest absolute Gasteiger partial charge is 0.379 e. The molecule has 1 saturated heterocycles. The summed E-state index contributed by atoms with van der Waals surface area (Å²) in [4.78, 5) is 8.35. The average molecular weight is 167 g/mol. The minimum absolute atomic E-state index is 0.565. The first-order valence-electron chi connectivity index (χ1n) is 3.02. The second kappa shape index (κ2) is 4.05. The van der Waals surface area contributed by atoms with Crippen molar-refractivity contribution >= 4 is 8.25 Å². The van der Waals surface area contributed by atoms with E-state index >= 15 is 0 Å². The van der Waals surface area contributed by atoms with Crippen molar-refractivity contribution in [1.29, 1.82) is 0 Å². The van der Waals surface area contributed by atoms with Gasteiger partial charge in [0.25, 0.3) is 0 Å². The molecule has 10 heavy (non-hydrogen) atoms. The van der Waals surface area contributed by atoms with Crippen LogP contribution in [0.15, 0.2) is 0 Å². The van der Waals surface area contributed by atoms with Gasteiger partial charge in [0.1, 0.15) is 0 Å². The predicted octanol–water partition coefficient (Wildman–Crippen LogP) is -0.368. The number of hydroxylamine groups is 2. The smallest absolute Gasteiger partial charge is 0.333 e. The van der Waals surface area contributed by atoms with Gasteiger partial charge in [-0.05, 0) is 0 Å². The van der Waals surface area contributed by atoms with Crippen molar-refractivity contribution in [1.82, 2.24) is 5.06 Å². The number of hydrogen-bond donors (Lipinski definition) is 1. The van der Waals surface area contributed by atoms with Gasteiger partial charge >= 0.3 is 8.25 Å². The Balaban J connectivity index is 2.19. The molecular formula is C4H10NO4P. The molecule has 0 spiro atoms. The number of rotatable bonds is 2. The van der Waals surface area contributed by atoms with Crippen LogP contribution in [0.1, 0.15) is 0 Å². The molecule has 1 unspecified atom stereocenters. The summed E-state index contributed by atoms with van der Waals surface area (Å²) >= 11 is 0. The second-order valence-corrected chi connectivity index (χ2v) is 2.61. The lowest BCUT2D eigenvalue weighted by Gasteiger charge is -2.23. The highest BCUT2D eigenvalue weighted by Crippen LogP contribution is 2.17. The molecule has 1 N–H and O–H groups in total. The van der Waals surface area contributed by atoms with Gasteiger partial charge in [-0.2, -0.15) is 5.06 Å². The third-order valence-electron chi connectivity index (χ3n) is 1.18. The standard InChI is InChI=1S/C4H10NO4P/c6-10(7)9-5-1-3-8-4-2-5/h10H,1-4H2,(H,6,7). The first-order chi connectivity index (χ1) is 4.79. The first-order valence-corrected chi connectivity index (χ1v) is 4.29. The summed E-state index contributed by atoms with van der Waals surface area (Å²) in [5.41, 5.74) is 0. The predicted molar refractivity (Wildman–Crippen MR) is 34.7 cm³/mol. The highest BCUT2D eigenvalue weighted by molar-refractivity contribution is 7.32. The van der Waals surface area contributed by atoms with Gasteiger partial charge in [-0.15, -0.1) is 0 Å². The van der Waals surface area contributed by atoms with Crippen molar-refractivity contribution in [2.75, 3.05) is 26.3 Å². The number of nitrogens with zero attached hydrogens (tertiary/aromatic N) is 1. The molecule has 1 heterocycles. The molecule has 6 heteroatoms. The lowest BCUT2D eigenvalue weighted by molar-refractivity contribution is -0.119. The van der Waals surface area contributed by atoms with E-state index in [1.807, 2.05) is 0 Å². The molecule has 0 aromatic carbocycles. The Labute approximate surface area is 59.4 Å². The molecule has 0 bridgehead atoms. The Morgan fingerprint density at radius 3 is 2.60 bits per heavy atom. The first kappa shape index (κ1) is 8.17. The van der Waals surface area contributed by atoms with E-state index in [1.165, 1.54) is 5.06 Å². The number of ether oxygens (including phenoxy) is 1. The van der Waals surface area contributed by atoms with Crippen LogP contribution >= 0.6 is 8.25 Å². The Hall–Kier alpha value is 0.0700. The van der Waals surface area contributed by atoms with Crippen LogP contribution in [-0.2, 0) is 13.9 Å². The summed E-state index contributed by atoms with van der Waals surface area (Å²) in [5, 5.41) is 1.45. The quantitative estimate of drug-likeness (QED) is 0.568. The molecule has 1 aliphatic heterocycles. The van der Waals surface area contributed by atoms with Crippen LogP contribution in [0.5, 0.6) is 0 Å². The van der Waals surface area contributed by atoms with Crippen LogP contribution < -0.4 is 0 Å². The van der Waals surface area contributed by atoms with Crippen LogP contribution in [0, 0.1) is 0 Å². The van der Waals surface area contributed by atoms with E-state index in [0.29, 0.717) is 26.3 Å². The van der Waals surface area contributed by atoms with E-state index in [-0.39, 0.29) is 0 Å². The maximum atomic E-state index is 10.1. The van der Waals surface area contributed by atoms with Gasteiger partial charge < -0.3 is 9.63 Å². The van der Waals surface area contributed by atoms with Crippen molar-refractivity contribution in [3.63, 3.8) is 0 Å². The van der Waals surface area contributed by atoms with Gasteiger partial charge in [-0.25, -0.2) is 4.62 Å². The van der Waals surface area contributed by atoms with E-state index in [0.717, 1.165) is 0 Å². The highest BCUT2D eigenvalue weighted by Gasteiger charge is 2.11. The molecule has 0 aromatic rings. The van der Waals surface area contributed by atoms with Crippen LogP contribution in [0.25, 0.3) is 0 Å². The lowest BCUT2D eigenvalue weighted by Crippen LogP contribution is -2.34. The van der Waals surface area contributed by atoms with E-state index in [1.54, 1.807) is 0 Å². The molecule has 1 atom stereocenters. The van der Waals surface area contributed by atoms with Crippen molar-refractivity contribution in [2.45, 2.75) is 0 Å². The molecule has 0 saturated carbocycles. The van der Waals surface area contributed by atoms with Crippen LogP contribution in [-0.4, -0.2) is 36.3 Å². The van der Waals surface area contributed by atoms with E-state index in [2.05, 4.69) is 4.62 Å². The van der Waals surface area contributed by atoms with Gasteiger partial charge in [0.15, 0.2) is 0 Å². The normalized spacial score (nSPS) is 24.5. The van der Waals surface area contributed by atoms with Gasteiger partial charge in [0, 0.05) is 13.1 Å². The fourth-order valence-corrected chi connectivity index (χ4v) is 1.15. The monoisotopic (exact) mass is 167 g/mol. The number of hydrogen-bond acceptors (Lipinski definition) is 4. The summed E-state index contributed by atoms with van der Waals surface area (Å²) in [6.45, 7) is 2.26. The SMILES string of the molecule is O=[PH](O)ON1CCOCC1. The minimum Gasteiger partial charge on any atom is -0.379 e.